The average Bonchev–Trinajstić information content (AvgIpc) is 2.96. The molecule has 0 saturated heterocycles. The number of aromatic nitrogens is 1. The van der Waals surface area contributed by atoms with Gasteiger partial charge in [-0.05, 0) is 56.0 Å². The minimum absolute atomic E-state index is 0.0599. The van der Waals surface area contributed by atoms with Crippen molar-refractivity contribution in [2.45, 2.75) is 32.2 Å². The molecule has 0 radical (unpaired) electrons. The van der Waals surface area contributed by atoms with Crippen LogP contribution in [0.4, 0.5) is 0 Å². The summed E-state index contributed by atoms with van der Waals surface area (Å²) in [6.07, 6.45) is 3.76. The molecule has 0 fully saturated rings. The molecule has 1 unspecified atom stereocenters. The van der Waals surface area contributed by atoms with E-state index in [9.17, 15) is 9.59 Å². The maximum absolute atomic E-state index is 12.3. The molecule has 2 aromatic rings. The van der Waals surface area contributed by atoms with E-state index in [1.54, 1.807) is 0 Å². The van der Waals surface area contributed by atoms with Crippen molar-refractivity contribution in [3.05, 3.63) is 47.1 Å². The van der Waals surface area contributed by atoms with Crippen LogP contribution in [0.5, 0.6) is 0 Å². The van der Waals surface area contributed by atoms with Gasteiger partial charge in [0, 0.05) is 34.2 Å². The van der Waals surface area contributed by atoms with Crippen LogP contribution >= 0.6 is 11.6 Å². The van der Waals surface area contributed by atoms with Crippen LogP contribution in [0.1, 0.15) is 24.6 Å². The highest BCUT2D eigenvalue weighted by molar-refractivity contribution is 6.31. The second-order valence-electron chi connectivity index (χ2n) is 6.34. The zero-order chi connectivity index (χ0) is 18.0. The van der Waals surface area contributed by atoms with Crippen LogP contribution in [0, 0.1) is 0 Å². The number of nitrogens with one attached hydrogen (secondary N) is 2. The molecule has 132 valence electrons. The SMILES string of the molecule is C=CC(=O)N(CC)CC(=O)NC1CCc2[nH]c3ccc(Cl)cc3c2C1. The smallest absolute Gasteiger partial charge is 0.246 e. The topological polar surface area (TPSA) is 65.2 Å². The van der Waals surface area contributed by atoms with Crippen molar-refractivity contribution in [3.8, 4) is 0 Å². The number of fused-ring (bicyclic) bond motifs is 3. The van der Waals surface area contributed by atoms with Gasteiger partial charge in [0.2, 0.25) is 11.8 Å². The molecule has 1 aromatic carbocycles. The number of hydrogen-bond donors (Lipinski definition) is 2. The third-order valence-corrected chi connectivity index (χ3v) is 4.95. The van der Waals surface area contributed by atoms with Gasteiger partial charge in [0.05, 0.1) is 6.54 Å². The first-order chi connectivity index (χ1) is 12.0. The van der Waals surface area contributed by atoms with Crippen LogP contribution in [-0.4, -0.2) is 40.8 Å². The Balaban J connectivity index is 1.69. The first-order valence-corrected chi connectivity index (χ1v) is 8.89. The predicted octanol–water partition coefficient (Wildman–Crippen LogP) is 2.83. The standard InChI is InChI=1S/C19H22ClN3O2/c1-3-19(25)23(4-2)11-18(24)21-13-6-8-17-15(10-13)14-9-12(20)5-7-16(14)22-17/h3,5,7,9,13,22H,1,4,6,8,10-11H2,2H3,(H,21,24). The summed E-state index contributed by atoms with van der Waals surface area (Å²) in [5.74, 6) is -0.363. The van der Waals surface area contributed by atoms with E-state index in [2.05, 4.69) is 16.9 Å². The van der Waals surface area contributed by atoms with Crippen LogP contribution in [0.15, 0.2) is 30.9 Å². The van der Waals surface area contributed by atoms with Gasteiger partial charge in [-0.25, -0.2) is 0 Å². The molecule has 0 bridgehead atoms. The van der Waals surface area contributed by atoms with Gasteiger partial charge in [-0.1, -0.05) is 18.2 Å². The molecule has 1 aromatic heterocycles. The number of aryl methyl sites for hydroxylation is 1. The van der Waals surface area contributed by atoms with Gasteiger partial charge in [0.1, 0.15) is 0 Å². The van der Waals surface area contributed by atoms with Gasteiger partial charge in [0.25, 0.3) is 0 Å². The molecule has 5 nitrogen and oxygen atoms in total. The van der Waals surface area contributed by atoms with E-state index in [0.717, 1.165) is 30.2 Å². The van der Waals surface area contributed by atoms with Gasteiger partial charge >= 0.3 is 0 Å². The lowest BCUT2D eigenvalue weighted by Crippen LogP contribution is -2.45. The van der Waals surface area contributed by atoms with E-state index in [-0.39, 0.29) is 24.4 Å². The maximum Gasteiger partial charge on any atom is 0.246 e. The number of benzene rings is 1. The van der Waals surface area contributed by atoms with Crippen molar-refractivity contribution in [2.24, 2.45) is 0 Å². The minimum atomic E-state index is -0.227. The van der Waals surface area contributed by atoms with Gasteiger partial charge in [-0.2, -0.15) is 0 Å². The largest absolute Gasteiger partial charge is 0.358 e. The molecule has 1 aliphatic carbocycles. The van der Waals surface area contributed by atoms with Crippen molar-refractivity contribution in [3.63, 3.8) is 0 Å². The van der Waals surface area contributed by atoms with E-state index >= 15 is 0 Å². The molecule has 1 aliphatic rings. The third kappa shape index (κ3) is 3.71. The summed E-state index contributed by atoms with van der Waals surface area (Å²) in [6, 6.07) is 5.90. The lowest BCUT2D eigenvalue weighted by Gasteiger charge is -2.25. The summed E-state index contributed by atoms with van der Waals surface area (Å²) >= 11 is 6.13. The number of rotatable bonds is 5. The zero-order valence-electron chi connectivity index (χ0n) is 14.3. The number of carbonyl (C=O) groups is 2. The Labute approximate surface area is 152 Å². The molecule has 0 spiro atoms. The average molecular weight is 360 g/mol. The van der Waals surface area contributed by atoms with Gasteiger partial charge < -0.3 is 15.2 Å². The third-order valence-electron chi connectivity index (χ3n) is 4.72. The normalized spacial score (nSPS) is 16.3. The summed E-state index contributed by atoms with van der Waals surface area (Å²) in [4.78, 5) is 28.9. The first-order valence-electron chi connectivity index (χ1n) is 8.51. The monoisotopic (exact) mass is 359 g/mol. The van der Waals surface area contributed by atoms with Crippen LogP contribution in [0.25, 0.3) is 10.9 Å². The fourth-order valence-electron chi connectivity index (χ4n) is 3.43. The highest BCUT2D eigenvalue weighted by atomic mass is 35.5. The summed E-state index contributed by atoms with van der Waals surface area (Å²) in [7, 11) is 0. The number of carbonyl (C=O) groups excluding carboxylic acids is 2. The molecule has 1 atom stereocenters. The Morgan fingerprint density at radius 2 is 2.28 bits per heavy atom. The number of nitrogens with zero attached hydrogens (tertiary/aromatic N) is 1. The Morgan fingerprint density at radius 3 is 3.00 bits per heavy atom. The van der Waals surface area contributed by atoms with Crippen LogP contribution in [0.2, 0.25) is 5.02 Å². The van der Waals surface area contributed by atoms with E-state index in [4.69, 9.17) is 11.6 Å². The Kier molecular flexibility index (Phi) is 5.13. The van der Waals surface area contributed by atoms with Crippen LogP contribution in [0.3, 0.4) is 0 Å². The molecule has 0 saturated carbocycles. The molecule has 25 heavy (non-hydrogen) atoms. The molecule has 6 heteroatoms. The Hall–Kier alpha value is -2.27. The maximum atomic E-state index is 12.3. The summed E-state index contributed by atoms with van der Waals surface area (Å²) < 4.78 is 0. The molecule has 2 N–H and O–H groups in total. The van der Waals surface area contributed by atoms with Gasteiger partial charge in [0.15, 0.2) is 0 Å². The van der Waals surface area contributed by atoms with Gasteiger partial charge in [-0.15, -0.1) is 0 Å². The summed E-state index contributed by atoms with van der Waals surface area (Å²) in [5, 5.41) is 4.89. The number of amides is 2. The fourth-order valence-corrected chi connectivity index (χ4v) is 3.61. The van der Waals surface area contributed by atoms with Crippen molar-refractivity contribution >= 4 is 34.3 Å². The lowest BCUT2D eigenvalue weighted by molar-refractivity contribution is -0.132. The highest BCUT2D eigenvalue weighted by Crippen LogP contribution is 2.30. The molecular formula is C19H22ClN3O2. The lowest BCUT2D eigenvalue weighted by atomic mass is 9.91. The summed E-state index contributed by atoms with van der Waals surface area (Å²) in [5.41, 5.74) is 3.53. The second kappa shape index (κ2) is 7.31. The number of H-pyrrole nitrogens is 1. The number of hydrogen-bond acceptors (Lipinski definition) is 2. The fraction of sp³-hybridized carbons (Fsp3) is 0.368. The van der Waals surface area contributed by atoms with Crippen LogP contribution in [-0.2, 0) is 22.4 Å². The number of halogens is 1. The number of aromatic amines is 1. The predicted molar refractivity (Wildman–Crippen MR) is 99.7 cm³/mol. The number of likely N-dealkylation sites (N-methyl/N-ethyl adjacent to an activating group) is 1. The first kappa shape index (κ1) is 17.5. The van der Waals surface area contributed by atoms with Crippen molar-refractivity contribution in [2.75, 3.05) is 13.1 Å². The molecule has 3 rings (SSSR count). The molecule has 2 amide bonds. The van der Waals surface area contributed by atoms with E-state index in [1.807, 2.05) is 25.1 Å². The molecule has 1 heterocycles. The zero-order valence-corrected chi connectivity index (χ0v) is 15.0. The second-order valence-corrected chi connectivity index (χ2v) is 6.77. The van der Waals surface area contributed by atoms with Gasteiger partial charge in [-0.3, -0.25) is 9.59 Å². The minimum Gasteiger partial charge on any atom is -0.358 e. The van der Waals surface area contributed by atoms with E-state index in [1.165, 1.54) is 22.2 Å². The Bertz CT molecular complexity index is 827. The quantitative estimate of drug-likeness (QED) is 0.806. The van der Waals surface area contributed by atoms with E-state index < -0.39 is 0 Å². The van der Waals surface area contributed by atoms with Crippen molar-refractivity contribution < 1.29 is 9.59 Å². The van der Waals surface area contributed by atoms with Crippen molar-refractivity contribution in [1.29, 1.82) is 0 Å². The molecular weight excluding hydrogens is 338 g/mol. The Morgan fingerprint density at radius 1 is 1.48 bits per heavy atom. The highest BCUT2D eigenvalue weighted by Gasteiger charge is 2.24. The summed E-state index contributed by atoms with van der Waals surface area (Å²) in [6.45, 7) is 5.86. The van der Waals surface area contributed by atoms with Crippen molar-refractivity contribution in [1.82, 2.24) is 15.2 Å². The van der Waals surface area contributed by atoms with E-state index in [0.29, 0.717) is 11.6 Å². The van der Waals surface area contributed by atoms with Crippen LogP contribution < -0.4 is 5.32 Å². The molecule has 0 aliphatic heterocycles.